The van der Waals surface area contributed by atoms with Crippen LogP contribution in [-0.2, 0) is 24.3 Å². The highest BCUT2D eigenvalue weighted by molar-refractivity contribution is 7.94. The molecule has 46 heavy (non-hydrogen) atoms. The van der Waals surface area contributed by atoms with Gasteiger partial charge in [-0.15, -0.1) is 14.6 Å². The summed E-state index contributed by atoms with van der Waals surface area (Å²) in [6.07, 6.45) is 14.9. The van der Waals surface area contributed by atoms with E-state index in [4.69, 9.17) is 9.99 Å². The van der Waals surface area contributed by atoms with Crippen LogP contribution in [0.3, 0.4) is 0 Å². The number of carbonyl (C=O) groups is 1. The first-order valence-electron chi connectivity index (χ1n) is 15.5. The van der Waals surface area contributed by atoms with Gasteiger partial charge in [0.1, 0.15) is 17.1 Å². The Morgan fingerprint density at radius 3 is 2.15 bits per heavy atom. The minimum absolute atomic E-state index is 0.0299. The van der Waals surface area contributed by atoms with Gasteiger partial charge in [-0.25, -0.2) is 5.26 Å². The van der Waals surface area contributed by atoms with Crippen LogP contribution >= 0.6 is 12.0 Å². The quantitative estimate of drug-likeness (QED) is 0.0212. The number of rotatable bonds is 21. The fraction of sp³-hybridized carbons (Fsp3) is 0.469. The summed E-state index contributed by atoms with van der Waals surface area (Å²) in [7, 11) is -4.67. The lowest BCUT2D eigenvalue weighted by molar-refractivity contribution is -0.432. The third-order valence-corrected chi connectivity index (χ3v) is 8.72. The molecular formula is C32H43N3O9S2. The molecule has 0 bridgehead atoms. The molecule has 3 aromatic rings. The molecule has 0 heterocycles. The van der Waals surface area contributed by atoms with E-state index in [-0.39, 0.29) is 27.0 Å². The Morgan fingerprint density at radius 1 is 0.913 bits per heavy atom. The van der Waals surface area contributed by atoms with Crippen LogP contribution in [0.5, 0.6) is 11.5 Å². The van der Waals surface area contributed by atoms with Crippen molar-refractivity contribution in [2.24, 2.45) is 10.2 Å². The molecule has 12 nitrogen and oxygen atoms in total. The summed E-state index contributed by atoms with van der Waals surface area (Å²) in [4.78, 5) is 11.4. The van der Waals surface area contributed by atoms with Gasteiger partial charge < -0.3 is 15.2 Å². The molecule has 0 fully saturated rings. The Kier molecular flexibility index (Phi) is 15.7. The Hall–Kier alpha value is -3.27. The number of amides is 1. The second-order valence-electron chi connectivity index (χ2n) is 10.9. The SMILES string of the molecule is CCCCCCCCCCCCCCOc1ccccc1N=Nc1c(SOOO)cc2cc(S(=O)(=O)O)cc(NC(C)=O)c2c1O. The van der Waals surface area contributed by atoms with Gasteiger partial charge in [0.2, 0.25) is 5.91 Å². The molecule has 0 radical (unpaired) electrons. The average Bonchev–Trinajstić information content (AvgIpc) is 3.01. The van der Waals surface area contributed by atoms with Gasteiger partial charge >= 0.3 is 0 Å². The molecule has 0 aliphatic carbocycles. The van der Waals surface area contributed by atoms with Crippen molar-refractivity contribution in [1.82, 2.24) is 0 Å². The minimum Gasteiger partial charge on any atom is -0.505 e. The lowest BCUT2D eigenvalue weighted by atomic mass is 10.1. The standard InChI is InChI=1S/C32H43N3O9S2/c1-3-4-5-6-7-8-9-10-11-12-13-16-19-42-28-18-15-14-17-26(28)34-35-31-29(45-44-43-38)21-24-20-25(46(39,40)41)22-27(33-23(2)36)30(24)32(31)37/h14-15,17-18,20-22,37-38H,3-13,16,19H2,1-2H3,(H,33,36)(H,39,40,41). The molecule has 4 N–H and O–H groups in total. The van der Waals surface area contributed by atoms with Crippen molar-refractivity contribution in [3.8, 4) is 11.5 Å². The van der Waals surface area contributed by atoms with Gasteiger partial charge in [-0.1, -0.05) is 94.7 Å². The van der Waals surface area contributed by atoms with E-state index in [1.807, 2.05) is 6.07 Å². The Morgan fingerprint density at radius 2 is 1.54 bits per heavy atom. The highest BCUT2D eigenvalue weighted by Crippen LogP contribution is 2.47. The molecule has 0 saturated carbocycles. The minimum atomic E-state index is -4.67. The molecule has 0 spiro atoms. The van der Waals surface area contributed by atoms with E-state index in [0.717, 1.165) is 31.4 Å². The zero-order valence-corrected chi connectivity index (χ0v) is 27.9. The van der Waals surface area contributed by atoms with Crippen LogP contribution in [0.15, 0.2) is 62.5 Å². The third kappa shape index (κ3) is 11.8. The predicted molar refractivity (Wildman–Crippen MR) is 178 cm³/mol. The van der Waals surface area contributed by atoms with E-state index in [9.17, 15) is 22.9 Å². The average molecular weight is 678 g/mol. The topological polar surface area (TPSA) is 176 Å². The third-order valence-electron chi connectivity index (χ3n) is 7.26. The number of carbonyl (C=O) groups excluding carboxylic acids is 1. The highest BCUT2D eigenvalue weighted by Gasteiger charge is 2.22. The Balaban J connectivity index is 1.72. The zero-order valence-electron chi connectivity index (χ0n) is 26.2. The molecule has 0 atom stereocenters. The van der Waals surface area contributed by atoms with Crippen molar-refractivity contribution in [3.05, 3.63) is 42.5 Å². The number of aromatic hydroxyl groups is 1. The summed E-state index contributed by atoms with van der Waals surface area (Å²) in [5.41, 5.74) is 0.171. The van der Waals surface area contributed by atoms with Crippen LogP contribution in [0.25, 0.3) is 10.8 Å². The number of benzene rings is 3. The molecule has 0 aliphatic heterocycles. The van der Waals surface area contributed by atoms with Crippen molar-refractivity contribution in [3.63, 3.8) is 0 Å². The summed E-state index contributed by atoms with van der Waals surface area (Å²) in [6, 6.07) is 10.5. The summed E-state index contributed by atoms with van der Waals surface area (Å²) in [5, 5.41) is 34.8. The molecule has 252 valence electrons. The van der Waals surface area contributed by atoms with E-state index < -0.39 is 26.7 Å². The molecule has 0 aliphatic rings. The lowest BCUT2D eigenvalue weighted by Crippen LogP contribution is -2.08. The largest absolute Gasteiger partial charge is 0.505 e. The summed E-state index contributed by atoms with van der Waals surface area (Å²) in [6.45, 7) is 3.94. The number of phenolic OH excluding ortho intramolecular Hbond substituents is 1. The number of hydrogen-bond acceptors (Lipinski definition) is 11. The van der Waals surface area contributed by atoms with Gasteiger partial charge in [-0.3, -0.25) is 9.35 Å². The second-order valence-corrected chi connectivity index (χ2v) is 13.1. The van der Waals surface area contributed by atoms with Gasteiger partial charge in [0.25, 0.3) is 10.1 Å². The molecule has 0 aromatic heterocycles. The van der Waals surface area contributed by atoms with Gasteiger partial charge in [0.05, 0.1) is 34.1 Å². The molecule has 3 aromatic carbocycles. The zero-order chi connectivity index (χ0) is 33.4. The van der Waals surface area contributed by atoms with E-state index in [1.165, 1.54) is 70.8 Å². The molecular weight excluding hydrogens is 634 g/mol. The molecule has 1 amide bonds. The predicted octanol–water partition coefficient (Wildman–Crippen LogP) is 9.67. The lowest BCUT2D eigenvalue weighted by Gasteiger charge is -2.14. The van der Waals surface area contributed by atoms with Gasteiger partial charge in [-0.2, -0.15) is 8.42 Å². The maximum Gasteiger partial charge on any atom is 0.294 e. The number of nitrogens with zero attached hydrogens (tertiary/aromatic N) is 2. The van der Waals surface area contributed by atoms with Gasteiger partial charge in [-0.05, 0) is 42.1 Å². The normalized spacial score (nSPS) is 11.8. The molecule has 3 rings (SSSR count). The van der Waals surface area contributed by atoms with Crippen LogP contribution < -0.4 is 10.1 Å². The molecule has 0 unspecified atom stereocenters. The van der Waals surface area contributed by atoms with Crippen LogP contribution in [0.4, 0.5) is 17.1 Å². The number of phenols is 1. The number of anilines is 1. The van der Waals surface area contributed by atoms with Gasteiger partial charge in [0, 0.05) is 12.3 Å². The monoisotopic (exact) mass is 677 g/mol. The van der Waals surface area contributed by atoms with Crippen LogP contribution in [0, 0.1) is 0 Å². The fourth-order valence-electron chi connectivity index (χ4n) is 5.00. The summed E-state index contributed by atoms with van der Waals surface area (Å²) < 4.78 is 43.9. The van der Waals surface area contributed by atoms with E-state index in [1.54, 1.807) is 18.2 Å². The Bertz CT molecular complexity index is 1570. The van der Waals surface area contributed by atoms with Crippen molar-refractivity contribution in [2.75, 3.05) is 11.9 Å². The first-order chi connectivity index (χ1) is 22.2. The number of hydrogen-bond donors (Lipinski definition) is 4. The number of para-hydroxylation sites is 1. The number of azo groups is 1. The first kappa shape index (κ1) is 37.2. The van der Waals surface area contributed by atoms with Crippen molar-refractivity contribution in [1.29, 1.82) is 0 Å². The van der Waals surface area contributed by atoms with Crippen LogP contribution in [0.2, 0.25) is 0 Å². The number of nitrogens with one attached hydrogen (secondary N) is 1. The van der Waals surface area contributed by atoms with E-state index in [2.05, 4.69) is 31.8 Å². The molecule has 14 heteroatoms. The van der Waals surface area contributed by atoms with Crippen LogP contribution in [0.1, 0.15) is 90.9 Å². The smallest absolute Gasteiger partial charge is 0.294 e. The number of unbranched alkanes of at least 4 members (excludes halogenated alkanes) is 11. The fourth-order valence-corrected chi connectivity index (χ4v) is 6.04. The Labute approximate surface area is 274 Å². The van der Waals surface area contributed by atoms with Crippen molar-refractivity contribution < 1.29 is 42.2 Å². The van der Waals surface area contributed by atoms with E-state index in [0.29, 0.717) is 30.1 Å². The maximum absolute atomic E-state index is 11.9. The first-order valence-corrected chi connectivity index (χ1v) is 17.7. The maximum atomic E-state index is 11.9. The number of fused-ring (bicyclic) bond motifs is 1. The summed E-state index contributed by atoms with van der Waals surface area (Å²) in [5.74, 6) is -0.535. The van der Waals surface area contributed by atoms with E-state index >= 15 is 0 Å². The van der Waals surface area contributed by atoms with Gasteiger partial charge in [0.15, 0.2) is 5.75 Å². The number of ether oxygens (including phenoxy) is 1. The molecule has 0 saturated heterocycles. The highest BCUT2D eigenvalue weighted by atomic mass is 32.2. The summed E-state index contributed by atoms with van der Waals surface area (Å²) >= 11 is 0.463. The second kappa shape index (κ2) is 19.4. The van der Waals surface area contributed by atoms with Crippen molar-refractivity contribution >= 4 is 55.9 Å². The van der Waals surface area contributed by atoms with Crippen molar-refractivity contribution in [2.45, 2.75) is 101 Å². The van der Waals surface area contributed by atoms with Crippen LogP contribution in [-0.4, -0.2) is 35.8 Å².